The lowest BCUT2D eigenvalue weighted by Gasteiger charge is -2.30. The average Bonchev–Trinajstić information content (AvgIpc) is 3.39. The van der Waals surface area contributed by atoms with Crippen molar-refractivity contribution in [3.63, 3.8) is 0 Å². The fourth-order valence-electron chi connectivity index (χ4n) is 2.76. The summed E-state index contributed by atoms with van der Waals surface area (Å²) in [5.41, 5.74) is 0. The van der Waals surface area contributed by atoms with Gasteiger partial charge in [0.05, 0.1) is 18.4 Å². The van der Waals surface area contributed by atoms with Crippen molar-refractivity contribution in [1.82, 2.24) is 10.2 Å². The maximum absolute atomic E-state index is 12.2. The van der Waals surface area contributed by atoms with Gasteiger partial charge in [-0.3, -0.25) is 24.5 Å². The van der Waals surface area contributed by atoms with Crippen molar-refractivity contribution >= 4 is 23.7 Å². The largest absolute Gasteiger partial charge is 0.459 e. The summed E-state index contributed by atoms with van der Waals surface area (Å²) >= 11 is 0. The SMILES string of the molecule is O=C(COC(=O)C1CCN(C(=O)c2ccco2)CC1)NC(=O)c1ccco1. The number of carbonyl (C=O) groups is 4. The van der Waals surface area contributed by atoms with E-state index in [0.717, 1.165) is 0 Å². The van der Waals surface area contributed by atoms with Gasteiger partial charge in [0.2, 0.25) is 0 Å². The molecule has 3 heterocycles. The zero-order valence-corrected chi connectivity index (χ0v) is 14.4. The molecular weight excluding hydrogens is 356 g/mol. The molecule has 0 unspecified atom stereocenters. The molecule has 1 saturated heterocycles. The van der Waals surface area contributed by atoms with E-state index >= 15 is 0 Å². The Morgan fingerprint density at radius 1 is 1.04 bits per heavy atom. The minimum Gasteiger partial charge on any atom is -0.459 e. The molecule has 1 fully saturated rings. The van der Waals surface area contributed by atoms with Crippen molar-refractivity contribution in [2.45, 2.75) is 12.8 Å². The van der Waals surface area contributed by atoms with E-state index in [1.54, 1.807) is 17.0 Å². The van der Waals surface area contributed by atoms with E-state index in [1.165, 1.54) is 24.7 Å². The Bertz CT molecular complexity index is 803. The molecule has 0 spiro atoms. The number of esters is 1. The molecule has 0 aromatic carbocycles. The van der Waals surface area contributed by atoms with Crippen molar-refractivity contribution in [3.05, 3.63) is 48.3 Å². The first-order chi connectivity index (χ1) is 13.0. The van der Waals surface area contributed by atoms with Gasteiger partial charge in [-0.25, -0.2) is 0 Å². The van der Waals surface area contributed by atoms with Crippen LogP contribution in [0.4, 0.5) is 0 Å². The molecule has 1 N–H and O–H groups in total. The Labute approximate surface area is 154 Å². The average molecular weight is 374 g/mol. The first kappa shape index (κ1) is 18.4. The number of carbonyl (C=O) groups excluding carboxylic acids is 4. The van der Waals surface area contributed by atoms with Crippen LogP contribution in [0.1, 0.15) is 34.0 Å². The molecule has 1 aliphatic rings. The van der Waals surface area contributed by atoms with E-state index in [2.05, 4.69) is 5.32 Å². The summed E-state index contributed by atoms with van der Waals surface area (Å²) in [5.74, 6) is -2.35. The lowest BCUT2D eigenvalue weighted by molar-refractivity contribution is -0.153. The molecule has 9 nitrogen and oxygen atoms in total. The zero-order valence-electron chi connectivity index (χ0n) is 14.4. The second-order valence-electron chi connectivity index (χ2n) is 6.01. The van der Waals surface area contributed by atoms with Crippen LogP contribution >= 0.6 is 0 Å². The first-order valence-electron chi connectivity index (χ1n) is 8.41. The Hall–Kier alpha value is -3.36. The first-order valence-corrected chi connectivity index (χ1v) is 8.41. The highest BCUT2D eigenvalue weighted by molar-refractivity contribution is 6.03. The Morgan fingerprint density at radius 3 is 2.26 bits per heavy atom. The van der Waals surface area contributed by atoms with Gasteiger partial charge in [0, 0.05) is 13.1 Å². The number of nitrogens with one attached hydrogen (secondary N) is 1. The van der Waals surface area contributed by atoms with Crippen molar-refractivity contribution in [1.29, 1.82) is 0 Å². The normalized spacial score (nSPS) is 14.6. The molecule has 27 heavy (non-hydrogen) atoms. The smallest absolute Gasteiger partial charge is 0.309 e. The fourth-order valence-corrected chi connectivity index (χ4v) is 2.76. The van der Waals surface area contributed by atoms with Crippen molar-refractivity contribution < 1.29 is 32.7 Å². The van der Waals surface area contributed by atoms with Crippen LogP contribution in [0.2, 0.25) is 0 Å². The lowest BCUT2D eigenvalue weighted by Crippen LogP contribution is -2.41. The number of amides is 3. The predicted octanol–water partition coefficient (Wildman–Crippen LogP) is 1.22. The number of piperidine rings is 1. The van der Waals surface area contributed by atoms with Gasteiger partial charge in [0.15, 0.2) is 18.1 Å². The molecule has 2 aromatic heterocycles. The van der Waals surface area contributed by atoms with Crippen LogP contribution in [-0.2, 0) is 14.3 Å². The summed E-state index contributed by atoms with van der Waals surface area (Å²) in [6.45, 7) is 0.224. The molecular formula is C18H18N2O7. The highest BCUT2D eigenvalue weighted by Crippen LogP contribution is 2.20. The van der Waals surface area contributed by atoms with Gasteiger partial charge in [-0.2, -0.15) is 0 Å². The quantitative estimate of drug-likeness (QED) is 0.782. The number of likely N-dealkylation sites (tertiary alicyclic amines) is 1. The van der Waals surface area contributed by atoms with E-state index in [0.29, 0.717) is 25.9 Å². The fraction of sp³-hybridized carbons (Fsp3) is 0.333. The molecule has 9 heteroatoms. The molecule has 0 atom stereocenters. The van der Waals surface area contributed by atoms with E-state index in [-0.39, 0.29) is 17.4 Å². The number of rotatable bonds is 5. The molecule has 3 rings (SSSR count). The third-order valence-corrected chi connectivity index (χ3v) is 4.19. The van der Waals surface area contributed by atoms with E-state index in [4.69, 9.17) is 13.6 Å². The Kier molecular flexibility index (Phi) is 5.70. The van der Waals surface area contributed by atoms with Gasteiger partial charge in [-0.05, 0) is 37.1 Å². The van der Waals surface area contributed by atoms with Gasteiger partial charge in [0.25, 0.3) is 17.7 Å². The van der Waals surface area contributed by atoms with Gasteiger partial charge in [-0.15, -0.1) is 0 Å². The van der Waals surface area contributed by atoms with E-state index in [9.17, 15) is 19.2 Å². The highest BCUT2D eigenvalue weighted by Gasteiger charge is 2.30. The van der Waals surface area contributed by atoms with Gasteiger partial charge in [0.1, 0.15) is 0 Å². The Balaban J connectivity index is 1.40. The number of ether oxygens (including phenoxy) is 1. The molecule has 0 bridgehead atoms. The maximum Gasteiger partial charge on any atom is 0.309 e. The van der Waals surface area contributed by atoms with Crippen molar-refractivity contribution in [2.75, 3.05) is 19.7 Å². The van der Waals surface area contributed by atoms with Crippen LogP contribution in [0.15, 0.2) is 45.6 Å². The van der Waals surface area contributed by atoms with E-state index < -0.39 is 30.3 Å². The number of hydrogen-bond acceptors (Lipinski definition) is 7. The second-order valence-corrected chi connectivity index (χ2v) is 6.01. The third-order valence-electron chi connectivity index (χ3n) is 4.19. The summed E-state index contributed by atoms with van der Waals surface area (Å²) in [5, 5.41) is 2.07. The molecule has 2 aromatic rings. The number of furan rings is 2. The topological polar surface area (TPSA) is 119 Å². The van der Waals surface area contributed by atoms with Crippen LogP contribution in [0.3, 0.4) is 0 Å². The second kappa shape index (κ2) is 8.35. The molecule has 0 saturated carbocycles. The predicted molar refractivity (Wildman–Crippen MR) is 89.5 cm³/mol. The van der Waals surface area contributed by atoms with Crippen molar-refractivity contribution in [3.8, 4) is 0 Å². The molecule has 0 aliphatic carbocycles. The molecule has 1 aliphatic heterocycles. The lowest BCUT2D eigenvalue weighted by atomic mass is 9.97. The summed E-state index contributed by atoms with van der Waals surface area (Å²) in [6.07, 6.45) is 3.60. The van der Waals surface area contributed by atoms with Gasteiger partial charge >= 0.3 is 5.97 Å². The highest BCUT2D eigenvalue weighted by atomic mass is 16.5. The molecule has 0 radical (unpaired) electrons. The van der Waals surface area contributed by atoms with E-state index in [1.807, 2.05) is 0 Å². The van der Waals surface area contributed by atoms with Gasteiger partial charge in [-0.1, -0.05) is 0 Å². The van der Waals surface area contributed by atoms with Crippen LogP contribution < -0.4 is 5.32 Å². The van der Waals surface area contributed by atoms with Crippen LogP contribution in [-0.4, -0.2) is 48.3 Å². The molecule has 3 amide bonds. The number of imide groups is 1. The van der Waals surface area contributed by atoms with Crippen LogP contribution in [0.5, 0.6) is 0 Å². The minimum absolute atomic E-state index is 0.0109. The van der Waals surface area contributed by atoms with Crippen molar-refractivity contribution in [2.24, 2.45) is 5.92 Å². The summed E-state index contributed by atoms with van der Waals surface area (Å²) in [4.78, 5) is 49.2. The van der Waals surface area contributed by atoms with Crippen LogP contribution in [0.25, 0.3) is 0 Å². The van der Waals surface area contributed by atoms with Gasteiger partial charge < -0.3 is 18.5 Å². The Morgan fingerprint density at radius 2 is 1.67 bits per heavy atom. The summed E-state index contributed by atoms with van der Waals surface area (Å²) < 4.78 is 14.9. The maximum atomic E-state index is 12.2. The third kappa shape index (κ3) is 4.63. The number of hydrogen-bond donors (Lipinski definition) is 1. The monoisotopic (exact) mass is 374 g/mol. The number of nitrogens with zero attached hydrogens (tertiary/aromatic N) is 1. The minimum atomic E-state index is -0.741. The zero-order chi connectivity index (χ0) is 19.2. The summed E-state index contributed by atoms with van der Waals surface area (Å²) in [7, 11) is 0. The van der Waals surface area contributed by atoms with Crippen LogP contribution in [0, 0.1) is 5.92 Å². The standard InChI is InChI=1S/C18H18N2O7/c21-15(19-16(22)13-3-1-9-25-13)11-27-18(24)12-5-7-20(8-6-12)17(23)14-4-2-10-26-14/h1-4,9-10,12H,5-8,11H2,(H,19,21,22). The molecule has 142 valence electrons. The summed E-state index contributed by atoms with van der Waals surface area (Å²) in [6, 6.07) is 6.15.